The molecular weight excluding hydrogens is 258 g/mol. The van der Waals surface area contributed by atoms with Crippen molar-refractivity contribution in [2.75, 3.05) is 6.54 Å². The quantitative estimate of drug-likeness (QED) is 0.856. The molecular formula is C14H21N3O3. The molecule has 0 aromatic carbocycles. The van der Waals surface area contributed by atoms with Crippen LogP contribution in [0, 0.1) is 6.92 Å². The Labute approximate surface area is 118 Å². The van der Waals surface area contributed by atoms with Crippen LogP contribution in [0.1, 0.15) is 48.9 Å². The van der Waals surface area contributed by atoms with E-state index in [9.17, 15) is 9.59 Å². The average molecular weight is 279 g/mol. The summed E-state index contributed by atoms with van der Waals surface area (Å²) in [5.74, 6) is -1.31. The number of carbonyl (C=O) groups is 2. The first-order chi connectivity index (χ1) is 9.40. The smallest absolute Gasteiger partial charge is 0.323 e. The van der Waals surface area contributed by atoms with Gasteiger partial charge in [-0.25, -0.2) is 0 Å². The molecule has 0 fully saturated rings. The van der Waals surface area contributed by atoms with Crippen LogP contribution in [-0.4, -0.2) is 44.7 Å². The summed E-state index contributed by atoms with van der Waals surface area (Å²) in [6.07, 6.45) is 1.27. The Morgan fingerprint density at radius 3 is 2.50 bits per heavy atom. The summed E-state index contributed by atoms with van der Waals surface area (Å²) < 4.78 is 0. The zero-order valence-corrected chi connectivity index (χ0v) is 12.4. The Morgan fingerprint density at radius 1 is 1.35 bits per heavy atom. The van der Waals surface area contributed by atoms with E-state index < -0.39 is 5.97 Å². The van der Waals surface area contributed by atoms with Crippen LogP contribution in [0.3, 0.4) is 0 Å². The Balaban J connectivity index is 3.17. The third-order valence-electron chi connectivity index (χ3n) is 3.25. The summed E-state index contributed by atoms with van der Waals surface area (Å²) in [6, 6.07) is 1.53. The van der Waals surface area contributed by atoms with E-state index in [1.807, 2.05) is 20.8 Å². The van der Waals surface area contributed by atoms with Crippen molar-refractivity contribution in [1.82, 2.24) is 15.1 Å². The summed E-state index contributed by atoms with van der Waals surface area (Å²) in [4.78, 5) is 24.9. The zero-order chi connectivity index (χ0) is 15.3. The maximum atomic E-state index is 12.6. The lowest BCUT2D eigenvalue weighted by Gasteiger charge is -2.27. The normalized spacial score (nSPS) is 12.0. The van der Waals surface area contributed by atoms with Gasteiger partial charge in [-0.2, -0.15) is 10.2 Å². The second-order valence-electron chi connectivity index (χ2n) is 4.78. The Kier molecular flexibility index (Phi) is 5.61. The van der Waals surface area contributed by atoms with Gasteiger partial charge >= 0.3 is 5.97 Å². The largest absolute Gasteiger partial charge is 0.480 e. The second kappa shape index (κ2) is 6.98. The monoisotopic (exact) mass is 279 g/mol. The first-order valence-electron chi connectivity index (χ1n) is 6.76. The van der Waals surface area contributed by atoms with Crippen LogP contribution in [-0.2, 0) is 11.2 Å². The van der Waals surface area contributed by atoms with E-state index >= 15 is 0 Å². The number of aromatic nitrogens is 2. The molecule has 0 saturated heterocycles. The maximum absolute atomic E-state index is 12.6. The maximum Gasteiger partial charge on any atom is 0.323 e. The van der Waals surface area contributed by atoms with Crippen LogP contribution in [0.5, 0.6) is 0 Å². The van der Waals surface area contributed by atoms with Gasteiger partial charge in [0.1, 0.15) is 6.54 Å². The Morgan fingerprint density at radius 2 is 2.00 bits per heavy atom. The number of aliphatic carboxylic acids is 1. The number of hydrogen-bond acceptors (Lipinski definition) is 4. The fourth-order valence-electron chi connectivity index (χ4n) is 1.91. The number of carboxylic acid groups (broad SMARTS) is 1. The lowest BCUT2D eigenvalue weighted by Crippen LogP contribution is -2.42. The second-order valence-corrected chi connectivity index (χ2v) is 4.78. The fraction of sp³-hybridized carbons (Fsp3) is 0.571. The zero-order valence-electron chi connectivity index (χ0n) is 12.4. The summed E-state index contributed by atoms with van der Waals surface area (Å²) in [5.41, 5.74) is 1.69. The molecule has 0 radical (unpaired) electrons. The van der Waals surface area contributed by atoms with Crippen molar-refractivity contribution < 1.29 is 14.7 Å². The first kappa shape index (κ1) is 16.1. The molecule has 0 aliphatic rings. The summed E-state index contributed by atoms with van der Waals surface area (Å²) in [6.45, 7) is 7.10. The van der Waals surface area contributed by atoms with Gasteiger partial charge in [0.25, 0.3) is 5.91 Å². The SMILES string of the molecule is CCc1nnc(C)cc1C(=O)N(CC(=O)O)C(C)CC. The molecule has 0 bridgehead atoms. The Bertz CT molecular complexity index is 502. The number of carboxylic acids is 1. The van der Waals surface area contributed by atoms with Crippen LogP contribution < -0.4 is 0 Å². The summed E-state index contributed by atoms with van der Waals surface area (Å²) in [5, 5.41) is 16.9. The molecule has 1 atom stereocenters. The molecule has 1 unspecified atom stereocenters. The van der Waals surface area contributed by atoms with Crippen molar-refractivity contribution >= 4 is 11.9 Å². The molecule has 1 heterocycles. The number of hydrogen-bond donors (Lipinski definition) is 1. The Hall–Kier alpha value is -1.98. The van der Waals surface area contributed by atoms with Crippen LogP contribution in [0.25, 0.3) is 0 Å². The van der Waals surface area contributed by atoms with Crippen LogP contribution in [0.2, 0.25) is 0 Å². The predicted molar refractivity (Wildman–Crippen MR) is 74.6 cm³/mol. The number of amides is 1. The van der Waals surface area contributed by atoms with E-state index in [1.165, 1.54) is 4.90 Å². The van der Waals surface area contributed by atoms with Gasteiger partial charge in [0.05, 0.1) is 17.0 Å². The minimum Gasteiger partial charge on any atom is -0.480 e. The van der Waals surface area contributed by atoms with E-state index in [2.05, 4.69) is 10.2 Å². The predicted octanol–water partition coefficient (Wildman–Crippen LogP) is 1.67. The van der Waals surface area contributed by atoms with Crippen molar-refractivity contribution in [2.45, 2.75) is 46.6 Å². The average Bonchev–Trinajstić information content (AvgIpc) is 2.42. The highest BCUT2D eigenvalue weighted by Gasteiger charge is 2.25. The number of aryl methyl sites for hydroxylation is 2. The van der Waals surface area contributed by atoms with Crippen LogP contribution >= 0.6 is 0 Å². The fourth-order valence-corrected chi connectivity index (χ4v) is 1.91. The molecule has 1 aromatic rings. The summed E-state index contributed by atoms with van der Waals surface area (Å²) >= 11 is 0. The highest BCUT2D eigenvalue weighted by atomic mass is 16.4. The van der Waals surface area contributed by atoms with E-state index in [1.54, 1.807) is 13.0 Å². The van der Waals surface area contributed by atoms with Gasteiger partial charge in [0.15, 0.2) is 0 Å². The molecule has 6 nitrogen and oxygen atoms in total. The van der Waals surface area contributed by atoms with Crippen molar-refractivity contribution in [3.05, 3.63) is 23.0 Å². The first-order valence-corrected chi connectivity index (χ1v) is 6.76. The molecule has 0 aliphatic heterocycles. The highest BCUT2D eigenvalue weighted by Crippen LogP contribution is 2.14. The molecule has 20 heavy (non-hydrogen) atoms. The molecule has 1 aromatic heterocycles. The molecule has 0 saturated carbocycles. The number of nitrogens with zero attached hydrogens (tertiary/aromatic N) is 3. The highest BCUT2D eigenvalue weighted by molar-refractivity contribution is 5.97. The molecule has 0 spiro atoms. The summed E-state index contributed by atoms with van der Waals surface area (Å²) in [7, 11) is 0. The topological polar surface area (TPSA) is 83.4 Å². The third kappa shape index (κ3) is 3.76. The molecule has 1 N–H and O–H groups in total. The van der Waals surface area contributed by atoms with Gasteiger partial charge in [-0.15, -0.1) is 0 Å². The molecule has 110 valence electrons. The van der Waals surface area contributed by atoms with Crippen molar-refractivity contribution in [1.29, 1.82) is 0 Å². The van der Waals surface area contributed by atoms with E-state index in [4.69, 9.17) is 5.11 Å². The van der Waals surface area contributed by atoms with Crippen molar-refractivity contribution in [3.63, 3.8) is 0 Å². The molecule has 0 aliphatic carbocycles. The lowest BCUT2D eigenvalue weighted by molar-refractivity contribution is -0.138. The number of carbonyl (C=O) groups excluding carboxylic acids is 1. The lowest BCUT2D eigenvalue weighted by atomic mass is 10.1. The van der Waals surface area contributed by atoms with Gasteiger partial charge in [-0.05, 0) is 32.8 Å². The standard InChI is InChI=1S/C14H21N3O3/c1-5-10(4)17(8-13(18)19)14(20)11-7-9(3)15-16-12(11)6-2/h7,10H,5-6,8H2,1-4H3,(H,18,19). The van der Waals surface area contributed by atoms with E-state index in [0.29, 0.717) is 29.8 Å². The molecule has 1 amide bonds. The van der Waals surface area contributed by atoms with Gasteiger partial charge in [-0.3, -0.25) is 9.59 Å². The van der Waals surface area contributed by atoms with Crippen LogP contribution in [0.4, 0.5) is 0 Å². The number of rotatable bonds is 6. The van der Waals surface area contributed by atoms with Crippen molar-refractivity contribution in [3.8, 4) is 0 Å². The van der Waals surface area contributed by atoms with Gasteiger partial charge in [0, 0.05) is 6.04 Å². The van der Waals surface area contributed by atoms with Gasteiger partial charge < -0.3 is 10.0 Å². The van der Waals surface area contributed by atoms with Gasteiger partial charge in [-0.1, -0.05) is 13.8 Å². The van der Waals surface area contributed by atoms with Crippen LogP contribution in [0.15, 0.2) is 6.07 Å². The van der Waals surface area contributed by atoms with Gasteiger partial charge in [0.2, 0.25) is 0 Å². The minimum atomic E-state index is -1.02. The minimum absolute atomic E-state index is 0.142. The van der Waals surface area contributed by atoms with Crippen molar-refractivity contribution in [2.24, 2.45) is 0 Å². The third-order valence-corrected chi connectivity index (χ3v) is 3.25. The van der Waals surface area contributed by atoms with E-state index in [0.717, 1.165) is 0 Å². The van der Waals surface area contributed by atoms with E-state index in [-0.39, 0.29) is 18.5 Å². The molecule has 1 rings (SSSR count). The molecule has 6 heteroatoms.